The molecule has 1 aromatic heterocycles. The van der Waals surface area contributed by atoms with E-state index in [0.29, 0.717) is 5.69 Å². The quantitative estimate of drug-likeness (QED) is 0.547. The highest BCUT2D eigenvalue weighted by Gasteiger charge is 2.03. The molecule has 0 aliphatic heterocycles. The smallest absolute Gasteiger partial charge is 0.203 e. The van der Waals surface area contributed by atoms with Crippen LogP contribution in [0.3, 0.4) is 0 Å². The van der Waals surface area contributed by atoms with Crippen molar-refractivity contribution in [2.24, 2.45) is 0 Å². The van der Waals surface area contributed by atoms with Gasteiger partial charge in [-0.05, 0) is 25.1 Å². The molecule has 0 aliphatic carbocycles. The zero-order chi connectivity index (χ0) is 10.7. The number of carbonyl (C=O) groups excluding carboxylic acids is 1. The van der Waals surface area contributed by atoms with Crippen LogP contribution in [0.15, 0.2) is 48.6 Å². The number of benzene rings is 1. The monoisotopic (exact) mass is 197 g/mol. The second-order valence-corrected chi connectivity index (χ2v) is 3.25. The van der Waals surface area contributed by atoms with E-state index in [0.717, 1.165) is 10.9 Å². The van der Waals surface area contributed by atoms with Crippen LogP contribution >= 0.6 is 0 Å². The van der Waals surface area contributed by atoms with Crippen molar-refractivity contribution < 1.29 is 4.79 Å². The molecule has 1 heterocycles. The molecular weight excluding hydrogens is 186 g/mol. The standard InChI is InChI=1S/C13H11NO/c1-2-5-13(15)12-9-8-10-6-3-4-7-11(10)14-12/h2-9H,1H3. The van der Waals surface area contributed by atoms with Crippen LogP contribution in [0.5, 0.6) is 0 Å². The number of hydrogen-bond donors (Lipinski definition) is 0. The van der Waals surface area contributed by atoms with E-state index in [1.807, 2.05) is 37.3 Å². The average molecular weight is 197 g/mol. The van der Waals surface area contributed by atoms with Gasteiger partial charge in [0.1, 0.15) is 5.69 Å². The molecule has 2 aromatic rings. The fourth-order valence-electron chi connectivity index (χ4n) is 1.44. The Morgan fingerprint density at radius 2 is 2.00 bits per heavy atom. The first-order valence-corrected chi connectivity index (χ1v) is 4.84. The van der Waals surface area contributed by atoms with Gasteiger partial charge in [-0.2, -0.15) is 0 Å². The SMILES string of the molecule is CC=CC(=O)c1ccc2ccccc2n1. The Labute approximate surface area is 88.3 Å². The maximum atomic E-state index is 11.5. The Kier molecular flexibility index (Phi) is 2.59. The number of allylic oxidation sites excluding steroid dienone is 2. The van der Waals surface area contributed by atoms with Gasteiger partial charge >= 0.3 is 0 Å². The van der Waals surface area contributed by atoms with Gasteiger partial charge in [-0.1, -0.05) is 30.3 Å². The number of aromatic nitrogens is 1. The number of carbonyl (C=O) groups is 1. The van der Waals surface area contributed by atoms with Gasteiger partial charge in [-0.3, -0.25) is 4.79 Å². The van der Waals surface area contributed by atoms with Crippen molar-refractivity contribution in [2.45, 2.75) is 6.92 Å². The lowest BCUT2D eigenvalue weighted by molar-refractivity contribution is 0.104. The van der Waals surface area contributed by atoms with E-state index in [-0.39, 0.29) is 5.78 Å². The van der Waals surface area contributed by atoms with Crippen LogP contribution in [0.2, 0.25) is 0 Å². The van der Waals surface area contributed by atoms with Gasteiger partial charge in [0.25, 0.3) is 0 Å². The van der Waals surface area contributed by atoms with Crippen LogP contribution in [0.4, 0.5) is 0 Å². The average Bonchev–Trinajstić information content (AvgIpc) is 2.29. The first-order chi connectivity index (χ1) is 7.31. The molecule has 74 valence electrons. The Morgan fingerprint density at radius 1 is 1.20 bits per heavy atom. The third-order valence-electron chi connectivity index (χ3n) is 2.17. The summed E-state index contributed by atoms with van der Waals surface area (Å²) in [4.78, 5) is 15.8. The Hall–Kier alpha value is -1.96. The molecule has 0 unspecified atom stereocenters. The minimum atomic E-state index is -0.0525. The molecule has 1 aromatic carbocycles. The van der Waals surface area contributed by atoms with Crippen LogP contribution in [0, 0.1) is 0 Å². The summed E-state index contributed by atoms with van der Waals surface area (Å²) in [6.07, 6.45) is 3.25. The minimum Gasteiger partial charge on any atom is -0.288 e. The topological polar surface area (TPSA) is 30.0 Å². The third kappa shape index (κ3) is 1.94. The highest BCUT2D eigenvalue weighted by Crippen LogP contribution is 2.12. The summed E-state index contributed by atoms with van der Waals surface area (Å²) in [6, 6.07) is 11.4. The van der Waals surface area contributed by atoms with Crippen LogP contribution in [-0.4, -0.2) is 10.8 Å². The number of hydrogen-bond acceptors (Lipinski definition) is 2. The van der Waals surface area contributed by atoms with E-state index in [9.17, 15) is 4.79 Å². The summed E-state index contributed by atoms with van der Waals surface area (Å²) in [6.45, 7) is 1.82. The largest absolute Gasteiger partial charge is 0.288 e. The molecule has 0 spiro atoms. The molecule has 0 radical (unpaired) electrons. The lowest BCUT2D eigenvalue weighted by Gasteiger charge is -1.98. The van der Waals surface area contributed by atoms with Crippen molar-refractivity contribution in [2.75, 3.05) is 0 Å². The lowest BCUT2D eigenvalue weighted by atomic mass is 10.1. The molecule has 0 atom stereocenters. The normalized spacial score (nSPS) is 11.0. The molecule has 15 heavy (non-hydrogen) atoms. The molecule has 0 bridgehead atoms. The molecule has 2 nitrogen and oxygen atoms in total. The number of rotatable bonds is 2. The number of pyridine rings is 1. The van der Waals surface area contributed by atoms with E-state index in [1.165, 1.54) is 6.08 Å². The van der Waals surface area contributed by atoms with Crippen LogP contribution < -0.4 is 0 Å². The van der Waals surface area contributed by atoms with E-state index in [1.54, 1.807) is 12.1 Å². The summed E-state index contributed by atoms with van der Waals surface area (Å²) in [5, 5.41) is 1.05. The van der Waals surface area contributed by atoms with E-state index in [2.05, 4.69) is 4.98 Å². The van der Waals surface area contributed by atoms with Gasteiger partial charge in [0, 0.05) is 5.39 Å². The molecule has 2 heteroatoms. The maximum absolute atomic E-state index is 11.5. The van der Waals surface area contributed by atoms with Gasteiger partial charge < -0.3 is 0 Å². The first kappa shape index (κ1) is 9.59. The second kappa shape index (κ2) is 4.05. The van der Waals surface area contributed by atoms with Crippen LogP contribution in [-0.2, 0) is 0 Å². The van der Waals surface area contributed by atoms with Crippen molar-refractivity contribution in [3.8, 4) is 0 Å². The fraction of sp³-hybridized carbons (Fsp3) is 0.0769. The number of nitrogens with zero attached hydrogens (tertiary/aromatic N) is 1. The van der Waals surface area contributed by atoms with Gasteiger partial charge in [0.2, 0.25) is 5.78 Å². The van der Waals surface area contributed by atoms with Crippen molar-refractivity contribution >= 4 is 16.7 Å². The Morgan fingerprint density at radius 3 is 2.80 bits per heavy atom. The summed E-state index contributed by atoms with van der Waals surface area (Å²) in [5.74, 6) is -0.0525. The number of para-hydroxylation sites is 1. The summed E-state index contributed by atoms with van der Waals surface area (Å²) < 4.78 is 0. The van der Waals surface area contributed by atoms with E-state index < -0.39 is 0 Å². The maximum Gasteiger partial charge on any atom is 0.203 e. The van der Waals surface area contributed by atoms with Gasteiger partial charge in [-0.15, -0.1) is 0 Å². The molecular formula is C13H11NO. The van der Waals surface area contributed by atoms with Gasteiger partial charge in [0.05, 0.1) is 5.52 Å². The zero-order valence-corrected chi connectivity index (χ0v) is 8.47. The summed E-state index contributed by atoms with van der Waals surface area (Å²) >= 11 is 0. The summed E-state index contributed by atoms with van der Waals surface area (Å²) in [7, 11) is 0. The van der Waals surface area contributed by atoms with Gasteiger partial charge in [0.15, 0.2) is 0 Å². The van der Waals surface area contributed by atoms with Crippen LogP contribution in [0.25, 0.3) is 10.9 Å². The number of fused-ring (bicyclic) bond motifs is 1. The fourth-order valence-corrected chi connectivity index (χ4v) is 1.44. The molecule has 2 rings (SSSR count). The Bertz CT molecular complexity index is 529. The number of ketones is 1. The highest BCUT2D eigenvalue weighted by molar-refractivity contribution is 6.04. The lowest BCUT2D eigenvalue weighted by Crippen LogP contribution is -1.97. The zero-order valence-electron chi connectivity index (χ0n) is 8.47. The van der Waals surface area contributed by atoms with Crippen LogP contribution in [0.1, 0.15) is 17.4 Å². The van der Waals surface area contributed by atoms with Gasteiger partial charge in [-0.25, -0.2) is 4.98 Å². The minimum absolute atomic E-state index is 0.0525. The predicted molar refractivity (Wildman–Crippen MR) is 60.9 cm³/mol. The predicted octanol–water partition coefficient (Wildman–Crippen LogP) is 2.99. The molecule has 0 N–H and O–H groups in total. The molecule has 0 saturated carbocycles. The molecule has 0 aliphatic rings. The highest BCUT2D eigenvalue weighted by atomic mass is 16.1. The molecule has 0 amide bonds. The second-order valence-electron chi connectivity index (χ2n) is 3.25. The molecule has 0 saturated heterocycles. The summed E-state index contributed by atoms with van der Waals surface area (Å²) in [5.41, 5.74) is 1.35. The molecule has 0 fully saturated rings. The van der Waals surface area contributed by atoms with Crippen molar-refractivity contribution in [3.63, 3.8) is 0 Å². The van der Waals surface area contributed by atoms with Crippen molar-refractivity contribution in [1.29, 1.82) is 0 Å². The van der Waals surface area contributed by atoms with E-state index >= 15 is 0 Å². The third-order valence-corrected chi connectivity index (χ3v) is 2.17. The first-order valence-electron chi connectivity index (χ1n) is 4.84. The van der Waals surface area contributed by atoms with E-state index in [4.69, 9.17) is 0 Å². The Balaban J connectivity index is 2.51. The van der Waals surface area contributed by atoms with Crippen molar-refractivity contribution in [3.05, 3.63) is 54.2 Å². The van der Waals surface area contributed by atoms with Crippen molar-refractivity contribution in [1.82, 2.24) is 4.98 Å².